The fraction of sp³-hybridized carbons (Fsp3) is 0.292. The van der Waals surface area contributed by atoms with Crippen LogP contribution < -0.4 is 25.0 Å². The van der Waals surface area contributed by atoms with Crippen LogP contribution in [0, 0.1) is 13.8 Å². The number of carbonyl (C=O) groups is 3. The Balaban J connectivity index is 1.52. The number of esters is 1. The summed E-state index contributed by atoms with van der Waals surface area (Å²) in [6, 6.07) is 9.20. The van der Waals surface area contributed by atoms with Crippen molar-refractivity contribution in [2.24, 2.45) is 0 Å². The molecule has 0 saturated carbocycles. The molecule has 0 unspecified atom stereocenters. The molecule has 2 aliphatic rings. The van der Waals surface area contributed by atoms with Gasteiger partial charge in [-0.2, -0.15) is 0 Å². The van der Waals surface area contributed by atoms with Gasteiger partial charge in [-0.15, -0.1) is 0 Å². The minimum Gasteiger partial charge on any atom is -0.469 e. The first-order valence-electron chi connectivity index (χ1n) is 10.5. The van der Waals surface area contributed by atoms with Crippen LogP contribution in [0.25, 0.3) is 0 Å². The predicted molar refractivity (Wildman–Crippen MR) is 121 cm³/mol. The van der Waals surface area contributed by atoms with Crippen LogP contribution >= 0.6 is 0 Å². The number of carbonyl (C=O) groups excluding carboxylic acids is 3. The second kappa shape index (κ2) is 9.23. The molecule has 2 aromatic rings. The number of ether oxygens (including phenoxy) is 3. The van der Waals surface area contributed by atoms with Gasteiger partial charge >= 0.3 is 5.97 Å². The molecule has 2 N–H and O–H groups in total. The Bertz CT molecular complexity index is 1160. The molecule has 2 aromatic carbocycles. The SMILES string of the molecule is COC(=O)CC1=CC(=O)N(CC(=O)NCc2ccc3c(c2)OCO3)c2cc(C)c(C)cc2N1. The number of anilines is 2. The van der Waals surface area contributed by atoms with E-state index in [2.05, 4.69) is 10.6 Å². The molecule has 0 fully saturated rings. The molecule has 2 aliphatic heterocycles. The van der Waals surface area contributed by atoms with E-state index in [1.807, 2.05) is 38.1 Å². The van der Waals surface area contributed by atoms with Gasteiger partial charge in [0.2, 0.25) is 12.7 Å². The summed E-state index contributed by atoms with van der Waals surface area (Å²) in [5.41, 5.74) is 4.45. The lowest BCUT2D eigenvalue weighted by Gasteiger charge is -2.23. The van der Waals surface area contributed by atoms with Crippen molar-refractivity contribution in [3.05, 3.63) is 58.8 Å². The zero-order valence-electron chi connectivity index (χ0n) is 18.7. The maximum atomic E-state index is 13.0. The molecule has 0 saturated heterocycles. The number of methoxy groups -OCH3 is 1. The van der Waals surface area contributed by atoms with E-state index in [1.54, 1.807) is 6.07 Å². The number of benzene rings is 2. The molecule has 0 atom stereocenters. The zero-order valence-corrected chi connectivity index (χ0v) is 18.7. The third-order valence-electron chi connectivity index (χ3n) is 5.55. The third-order valence-corrected chi connectivity index (χ3v) is 5.55. The van der Waals surface area contributed by atoms with Crippen LogP contribution in [-0.4, -0.2) is 38.2 Å². The van der Waals surface area contributed by atoms with E-state index in [4.69, 9.17) is 14.2 Å². The van der Waals surface area contributed by atoms with Crippen molar-refractivity contribution in [3.63, 3.8) is 0 Å². The van der Waals surface area contributed by atoms with E-state index in [-0.39, 0.29) is 32.2 Å². The van der Waals surface area contributed by atoms with Gasteiger partial charge in [0.05, 0.1) is 24.9 Å². The fourth-order valence-electron chi connectivity index (χ4n) is 3.62. The van der Waals surface area contributed by atoms with Crippen molar-refractivity contribution < 1.29 is 28.6 Å². The second-order valence-corrected chi connectivity index (χ2v) is 7.89. The summed E-state index contributed by atoms with van der Waals surface area (Å²) < 4.78 is 15.4. The molecule has 33 heavy (non-hydrogen) atoms. The van der Waals surface area contributed by atoms with E-state index in [0.717, 1.165) is 16.7 Å². The Labute approximate surface area is 191 Å². The summed E-state index contributed by atoms with van der Waals surface area (Å²) >= 11 is 0. The lowest BCUT2D eigenvalue weighted by atomic mass is 10.1. The summed E-state index contributed by atoms with van der Waals surface area (Å²) in [7, 11) is 1.29. The van der Waals surface area contributed by atoms with Crippen molar-refractivity contribution in [2.45, 2.75) is 26.8 Å². The molecule has 4 rings (SSSR count). The second-order valence-electron chi connectivity index (χ2n) is 7.89. The molecular formula is C24H25N3O6. The van der Waals surface area contributed by atoms with E-state index in [9.17, 15) is 14.4 Å². The predicted octanol–water partition coefficient (Wildman–Crippen LogP) is 2.55. The molecule has 2 amide bonds. The van der Waals surface area contributed by atoms with Crippen molar-refractivity contribution in [1.29, 1.82) is 0 Å². The van der Waals surface area contributed by atoms with E-state index >= 15 is 0 Å². The maximum absolute atomic E-state index is 13.0. The molecule has 0 aromatic heterocycles. The van der Waals surface area contributed by atoms with Crippen LogP contribution in [0.2, 0.25) is 0 Å². The highest BCUT2D eigenvalue weighted by molar-refractivity contribution is 6.09. The number of hydrogen-bond acceptors (Lipinski definition) is 7. The third kappa shape index (κ3) is 4.92. The quantitative estimate of drug-likeness (QED) is 0.650. The number of amides is 2. The van der Waals surface area contributed by atoms with Gasteiger partial charge in [0, 0.05) is 18.3 Å². The molecule has 0 bridgehead atoms. The molecule has 9 heteroatoms. The molecule has 9 nitrogen and oxygen atoms in total. The molecule has 172 valence electrons. The summed E-state index contributed by atoms with van der Waals surface area (Å²) in [6.07, 6.45) is 1.24. The lowest BCUT2D eigenvalue weighted by Crippen LogP contribution is -2.40. The van der Waals surface area contributed by atoms with Crippen LogP contribution in [0.1, 0.15) is 23.1 Å². The molecule has 2 heterocycles. The molecule has 0 aliphatic carbocycles. The number of fused-ring (bicyclic) bond motifs is 2. The van der Waals surface area contributed by atoms with Crippen LogP contribution in [0.5, 0.6) is 11.5 Å². The Morgan fingerprint density at radius 2 is 1.88 bits per heavy atom. The number of nitrogens with one attached hydrogen (secondary N) is 2. The normalized spacial score (nSPS) is 14.1. The maximum Gasteiger partial charge on any atom is 0.311 e. The first-order chi connectivity index (χ1) is 15.8. The standard InChI is InChI=1S/C24H25N3O6/c1-14-6-18-19(7-15(14)2)27(23(29)9-17(26-18)10-24(30)31-3)12-22(28)25-11-16-4-5-20-21(8-16)33-13-32-20/h4-9,26H,10-13H2,1-3H3,(H,25,28). The van der Waals surface area contributed by atoms with Gasteiger partial charge in [-0.25, -0.2) is 0 Å². The van der Waals surface area contributed by atoms with Gasteiger partial charge in [0.15, 0.2) is 11.5 Å². The number of hydrogen-bond donors (Lipinski definition) is 2. The van der Waals surface area contributed by atoms with Gasteiger partial charge in [-0.1, -0.05) is 6.07 Å². The first kappa shape index (κ1) is 22.2. The minimum atomic E-state index is -0.471. The zero-order chi connectivity index (χ0) is 23.5. The van der Waals surface area contributed by atoms with Gasteiger partial charge in [0.1, 0.15) is 6.54 Å². The van der Waals surface area contributed by atoms with Crippen molar-refractivity contribution in [3.8, 4) is 11.5 Å². The summed E-state index contributed by atoms with van der Waals surface area (Å²) in [5, 5.41) is 5.99. The average molecular weight is 451 g/mol. The Hall–Kier alpha value is -4.01. The Morgan fingerprint density at radius 1 is 1.12 bits per heavy atom. The monoisotopic (exact) mass is 451 g/mol. The van der Waals surface area contributed by atoms with Crippen LogP contribution in [0.3, 0.4) is 0 Å². The lowest BCUT2D eigenvalue weighted by molar-refractivity contribution is -0.139. The Kier molecular flexibility index (Phi) is 6.21. The highest BCUT2D eigenvalue weighted by Crippen LogP contribution is 2.34. The van der Waals surface area contributed by atoms with E-state index in [1.165, 1.54) is 18.1 Å². The average Bonchev–Trinajstić information content (AvgIpc) is 3.22. The molecule has 0 radical (unpaired) electrons. The largest absolute Gasteiger partial charge is 0.469 e. The molecular weight excluding hydrogens is 426 g/mol. The summed E-state index contributed by atoms with van der Waals surface area (Å²) in [5.74, 6) is 0.113. The van der Waals surface area contributed by atoms with Crippen molar-refractivity contribution in [1.82, 2.24) is 5.32 Å². The summed E-state index contributed by atoms with van der Waals surface area (Å²) in [4.78, 5) is 39.0. The fourth-order valence-corrected chi connectivity index (χ4v) is 3.62. The van der Waals surface area contributed by atoms with Gasteiger partial charge in [0.25, 0.3) is 5.91 Å². The van der Waals surface area contributed by atoms with E-state index in [0.29, 0.717) is 28.6 Å². The van der Waals surface area contributed by atoms with Crippen LogP contribution in [0.15, 0.2) is 42.1 Å². The molecule has 0 spiro atoms. The van der Waals surface area contributed by atoms with E-state index < -0.39 is 11.9 Å². The number of aryl methyl sites for hydroxylation is 2. The van der Waals surface area contributed by atoms with Gasteiger partial charge < -0.3 is 24.8 Å². The number of nitrogens with zero attached hydrogens (tertiary/aromatic N) is 1. The highest BCUT2D eigenvalue weighted by Gasteiger charge is 2.26. The first-order valence-corrected chi connectivity index (χ1v) is 10.5. The Morgan fingerprint density at radius 3 is 2.67 bits per heavy atom. The van der Waals surface area contributed by atoms with Gasteiger partial charge in [-0.05, 0) is 54.8 Å². The highest BCUT2D eigenvalue weighted by atomic mass is 16.7. The number of rotatable bonds is 6. The van der Waals surface area contributed by atoms with Crippen LogP contribution in [-0.2, 0) is 25.7 Å². The minimum absolute atomic E-state index is 0.0846. The van der Waals surface area contributed by atoms with Crippen molar-refractivity contribution >= 4 is 29.2 Å². The smallest absolute Gasteiger partial charge is 0.311 e. The van der Waals surface area contributed by atoms with Gasteiger partial charge in [-0.3, -0.25) is 19.3 Å². The summed E-state index contributed by atoms with van der Waals surface area (Å²) in [6.45, 7) is 4.17. The topological polar surface area (TPSA) is 106 Å². The van der Waals surface area contributed by atoms with Crippen LogP contribution in [0.4, 0.5) is 11.4 Å². The van der Waals surface area contributed by atoms with Crippen molar-refractivity contribution in [2.75, 3.05) is 30.7 Å².